The van der Waals surface area contributed by atoms with Gasteiger partial charge < -0.3 is 15.1 Å². The lowest BCUT2D eigenvalue weighted by Gasteiger charge is -2.08. The third-order valence-corrected chi connectivity index (χ3v) is 3.48. The van der Waals surface area contributed by atoms with E-state index in [2.05, 4.69) is 25.7 Å². The number of hydrogen-bond acceptors (Lipinski definition) is 6. The van der Waals surface area contributed by atoms with Crippen LogP contribution in [0.2, 0.25) is 0 Å². The van der Waals surface area contributed by atoms with Gasteiger partial charge in [-0.25, -0.2) is 9.97 Å². The summed E-state index contributed by atoms with van der Waals surface area (Å²) < 4.78 is 43.7. The van der Waals surface area contributed by atoms with Crippen molar-refractivity contribution < 1.29 is 22.4 Å². The lowest BCUT2D eigenvalue weighted by Crippen LogP contribution is -2.21. The molecule has 0 aliphatic heterocycles. The molecule has 1 amide bonds. The fourth-order valence-corrected chi connectivity index (χ4v) is 2.27. The van der Waals surface area contributed by atoms with Crippen LogP contribution in [0.3, 0.4) is 0 Å². The summed E-state index contributed by atoms with van der Waals surface area (Å²) in [5.74, 6) is -0.397. The number of hydrogen-bond donors (Lipinski definition) is 2. The lowest BCUT2D eigenvalue weighted by atomic mass is 10.2. The molecule has 0 radical (unpaired) electrons. The number of anilines is 2. The second-order valence-electron chi connectivity index (χ2n) is 5.69. The minimum absolute atomic E-state index is 0.0139. The van der Waals surface area contributed by atoms with Gasteiger partial charge >= 0.3 is 6.18 Å². The minimum Gasteiger partial charge on any atom is -0.444 e. The predicted molar refractivity (Wildman–Crippen MR) is 90.2 cm³/mol. The maximum absolute atomic E-state index is 12.3. The highest BCUT2D eigenvalue weighted by atomic mass is 19.4. The third-order valence-electron chi connectivity index (χ3n) is 3.48. The molecule has 2 N–H and O–H groups in total. The number of carbonyl (C=O) groups is 1. The molecule has 0 aromatic carbocycles. The molecule has 0 saturated heterocycles. The number of aryl methyl sites for hydroxylation is 2. The summed E-state index contributed by atoms with van der Waals surface area (Å²) in [6, 6.07) is 2.86. The van der Waals surface area contributed by atoms with Crippen molar-refractivity contribution in [2.24, 2.45) is 7.05 Å². The Balaban J connectivity index is 1.73. The summed E-state index contributed by atoms with van der Waals surface area (Å²) in [6.45, 7) is 0.531. The lowest BCUT2D eigenvalue weighted by molar-refractivity contribution is -0.115. The fraction of sp³-hybridized carbons (Fsp3) is 0.250. The smallest absolute Gasteiger partial charge is 0.405 e. The van der Waals surface area contributed by atoms with Crippen molar-refractivity contribution in [2.75, 3.05) is 17.2 Å². The van der Waals surface area contributed by atoms with Crippen molar-refractivity contribution in [1.29, 1.82) is 0 Å². The van der Waals surface area contributed by atoms with Crippen molar-refractivity contribution in [2.45, 2.75) is 13.1 Å². The molecule has 27 heavy (non-hydrogen) atoms. The second-order valence-corrected chi connectivity index (χ2v) is 5.69. The highest BCUT2D eigenvalue weighted by Crippen LogP contribution is 2.22. The molecule has 3 aromatic heterocycles. The molecular formula is C16H15F3N6O2. The number of rotatable bonds is 5. The zero-order valence-corrected chi connectivity index (χ0v) is 14.3. The number of pyridine rings is 1. The largest absolute Gasteiger partial charge is 0.444 e. The summed E-state index contributed by atoms with van der Waals surface area (Å²) in [4.78, 5) is 20.2. The van der Waals surface area contributed by atoms with Gasteiger partial charge in [-0.2, -0.15) is 18.3 Å². The minimum atomic E-state index is -4.36. The molecule has 0 aliphatic rings. The first-order chi connectivity index (χ1) is 12.7. The summed E-state index contributed by atoms with van der Waals surface area (Å²) in [5.41, 5.74) is 1.58. The number of aromatic nitrogens is 4. The highest BCUT2D eigenvalue weighted by Gasteiger charge is 2.26. The highest BCUT2D eigenvalue weighted by molar-refractivity contribution is 6.03. The van der Waals surface area contributed by atoms with Gasteiger partial charge in [-0.3, -0.25) is 9.48 Å². The van der Waals surface area contributed by atoms with Crippen LogP contribution >= 0.6 is 0 Å². The molecule has 3 heterocycles. The van der Waals surface area contributed by atoms with E-state index in [0.717, 1.165) is 0 Å². The van der Waals surface area contributed by atoms with Gasteiger partial charge in [-0.15, -0.1) is 0 Å². The Bertz CT molecular complexity index is 963. The van der Waals surface area contributed by atoms with Gasteiger partial charge in [-0.1, -0.05) is 0 Å². The van der Waals surface area contributed by atoms with Gasteiger partial charge in [0.25, 0.3) is 5.91 Å². The zero-order valence-electron chi connectivity index (χ0n) is 14.3. The molecule has 0 spiro atoms. The maximum Gasteiger partial charge on any atom is 0.405 e. The molecule has 0 bridgehead atoms. The Kier molecular flexibility index (Phi) is 4.84. The molecule has 0 aliphatic carbocycles. The number of alkyl halides is 3. The number of oxazole rings is 1. The Morgan fingerprint density at radius 3 is 2.81 bits per heavy atom. The standard InChI is InChI=1S/C16H15F3N6O2/c1-9-11(6-25(2)24-9)22-14(26)12-7-27-15(23-12)10-3-4-20-13(5-10)21-8-16(17,18)19/h3-7H,8H2,1-2H3,(H,20,21)(H,22,26). The van der Waals surface area contributed by atoms with E-state index in [0.29, 0.717) is 16.9 Å². The van der Waals surface area contributed by atoms with Gasteiger partial charge in [0, 0.05) is 25.0 Å². The fourth-order valence-electron chi connectivity index (χ4n) is 2.27. The molecule has 3 rings (SSSR count). The van der Waals surface area contributed by atoms with Crippen molar-refractivity contribution in [3.8, 4) is 11.5 Å². The van der Waals surface area contributed by atoms with Gasteiger partial charge in [0.2, 0.25) is 5.89 Å². The van der Waals surface area contributed by atoms with Crippen molar-refractivity contribution >= 4 is 17.4 Å². The van der Waals surface area contributed by atoms with Crippen LogP contribution in [0.5, 0.6) is 0 Å². The number of nitrogens with zero attached hydrogens (tertiary/aromatic N) is 4. The second kappa shape index (κ2) is 7.09. The molecule has 142 valence electrons. The monoisotopic (exact) mass is 380 g/mol. The van der Waals surface area contributed by atoms with Crippen LogP contribution in [0.15, 0.2) is 35.2 Å². The molecular weight excluding hydrogens is 365 g/mol. The van der Waals surface area contributed by atoms with E-state index < -0.39 is 18.6 Å². The molecule has 3 aromatic rings. The zero-order chi connectivity index (χ0) is 19.6. The topological polar surface area (TPSA) is 97.9 Å². The Hall–Kier alpha value is -3.37. The Morgan fingerprint density at radius 2 is 2.15 bits per heavy atom. The SMILES string of the molecule is Cc1nn(C)cc1NC(=O)c1coc(-c2ccnc(NCC(F)(F)F)c2)n1. The van der Waals surface area contributed by atoms with E-state index in [9.17, 15) is 18.0 Å². The van der Waals surface area contributed by atoms with E-state index in [1.807, 2.05) is 0 Å². The molecule has 11 heteroatoms. The number of carbonyl (C=O) groups excluding carboxylic acids is 1. The molecule has 0 saturated carbocycles. The Labute approximate surface area is 151 Å². The van der Waals surface area contributed by atoms with E-state index in [-0.39, 0.29) is 17.4 Å². The van der Waals surface area contributed by atoms with Gasteiger partial charge in [0.1, 0.15) is 18.6 Å². The van der Waals surface area contributed by atoms with Crippen LogP contribution in [0, 0.1) is 6.92 Å². The number of amides is 1. The van der Waals surface area contributed by atoms with Crippen molar-refractivity contribution in [3.05, 3.63) is 42.2 Å². The van der Waals surface area contributed by atoms with Crippen LogP contribution in [0.1, 0.15) is 16.2 Å². The number of nitrogens with one attached hydrogen (secondary N) is 2. The first kappa shape index (κ1) is 18.4. The van der Waals surface area contributed by atoms with Crippen molar-refractivity contribution in [3.63, 3.8) is 0 Å². The van der Waals surface area contributed by atoms with Crippen LogP contribution in [-0.4, -0.2) is 38.4 Å². The first-order valence-corrected chi connectivity index (χ1v) is 7.75. The van der Waals surface area contributed by atoms with Gasteiger partial charge in [0.15, 0.2) is 5.69 Å². The van der Waals surface area contributed by atoms with E-state index in [1.54, 1.807) is 24.9 Å². The summed E-state index contributed by atoms with van der Waals surface area (Å²) in [7, 11) is 1.73. The van der Waals surface area contributed by atoms with Crippen molar-refractivity contribution in [1.82, 2.24) is 19.7 Å². The molecule has 0 fully saturated rings. The van der Waals surface area contributed by atoms with Crippen LogP contribution < -0.4 is 10.6 Å². The van der Waals surface area contributed by atoms with E-state index >= 15 is 0 Å². The average molecular weight is 380 g/mol. The van der Waals surface area contributed by atoms with Crippen LogP contribution in [-0.2, 0) is 7.05 Å². The summed E-state index contributed by atoms with van der Waals surface area (Å²) in [6.07, 6.45) is -0.234. The van der Waals surface area contributed by atoms with Gasteiger partial charge in [-0.05, 0) is 19.1 Å². The van der Waals surface area contributed by atoms with Crippen LogP contribution in [0.25, 0.3) is 11.5 Å². The quantitative estimate of drug-likeness (QED) is 0.706. The average Bonchev–Trinajstić information content (AvgIpc) is 3.20. The molecule has 0 unspecified atom stereocenters. The first-order valence-electron chi connectivity index (χ1n) is 7.75. The molecule has 8 nitrogen and oxygen atoms in total. The molecule has 0 atom stereocenters. The van der Waals surface area contributed by atoms with E-state index in [4.69, 9.17) is 4.42 Å². The maximum atomic E-state index is 12.3. The Morgan fingerprint density at radius 1 is 1.37 bits per heavy atom. The third kappa shape index (κ3) is 4.63. The summed E-state index contributed by atoms with van der Waals surface area (Å²) in [5, 5.41) is 8.96. The predicted octanol–water partition coefficient (Wildman–Crippen LogP) is 3.01. The normalized spacial score (nSPS) is 11.4. The van der Waals surface area contributed by atoms with E-state index in [1.165, 1.54) is 24.6 Å². The van der Waals surface area contributed by atoms with Crippen LogP contribution in [0.4, 0.5) is 24.7 Å². The number of halogens is 3. The van der Waals surface area contributed by atoms with Gasteiger partial charge in [0.05, 0.1) is 11.4 Å². The summed E-state index contributed by atoms with van der Waals surface area (Å²) >= 11 is 0.